The maximum absolute atomic E-state index is 13.5. The summed E-state index contributed by atoms with van der Waals surface area (Å²) in [4.78, 5) is 20.3. The second-order valence-electron chi connectivity index (χ2n) is 11.3. The van der Waals surface area contributed by atoms with Gasteiger partial charge in [0.05, 0.1) is 25.8 Å². The summed E-state index contributed by atoms with van der Waals surface area (Å²) in [7, 11) is 3.19. The summed E-state index contributed by atoms with van der Waals surface area (Å²) in [6.45, 7) is 2.50. The van der Waals surface area contributed by atoms with Crippen molar-refractivity contribution in [3.8, 4) is 16.9 Å². The molecule has 196 valence electrons. The van der Waals surface area contributed by atoms with Crippen molar-refractivity contribution in [3.63, 3.8) is 0 Å². The normalized spacial score (nSPS) is 24.8. The van der Waals surface area contributed by atoms with Gasteiger partial charge in [-0.05, 0) is 85.4 Å². The van der Waals surface area contributed by atoms with E-state index in [0.717, 1.165) is 68.6 Å². The van der Waals surface area contributed by atoms with Crippen LogP contribution in [0.5, 0.6) is 5.75 Å². The molecule has 0 radical (unpaired) electrons. The lowest BCUT2D eigenvalue weighted by Crippen LogP contribution is -2.61. The molecular formula is C30H35FN2O4. The Morgan fingerprint density at radius 3 is 2.41 bits per heavy atom. The van der Waals surface area contributed by atoms with Gasteiger partial charge in [-0.3, -0.25) is 9.69 Å². The number of hydrogen-bond acceptors (Lipinski definition) is 6. The maximum Gasteiger partial charge on any atom is 0.308 e. The topological polar surface area (TPSA) is 60.4 Å². The van der Waals surface area contributed by atoms with Crippen LogP contribution in [0, 0.1) is 17.7 Å². The van der Waals surface area contributed by atoms with E-state index < -0.39 is 0 Å². The third kappa shape index (κ3) is 4.86. The summed E-state index contributed by atoms with van der Waals surface area (Å²) in [5.74, 6) is 1.58. The van der Waals surface area contributed by atoms with Crippen LogP contribution in [0.15, 0.2) is 41.6 Å². The molecule has 1 saturated heterocycles. The number of rotatable bonds is 7. The maximum atomic E-state index is 13.5. The Morgan fingerprint density at radius 1 is 1.05 bits per heavy atom. The molecule has 0 aromatic heterocycles. The number of ether oxygens (including phenoxy) is 2. The molecule has 2 heterocycles. The number of hydrogen-bond donors (Lipinski definition) is 0. The molecule has 0 unspecified atom stereocenters. The number of nitrogens with zero attached hydrogens (tertiary/aromatic N) is 2. The van der Waals surface area contributed by atoms with Crippen LogP contribution in [0.2, 0.25) is 0 Å². The first-order valence-electron chi connectivity index (χ1n) is 13.5. The highest BCUT2D eigenvalue weighted by atomic mass is 19.1. The van der Waals surface area contributed by atoms with Crippen molar-refractivity contribution < 1.29 is 23.5 Å². The molecule has 2 saturated carbocycles. The molecule has 2 aliphatic heterocycles. The number of benzene rings is 2. The minimum Gasteiger partial charge on any atom is -0.496 e. The molecule has 6 nitrogen and oxygen atoms in total. The lowest BCUT2D eigenvalue weighted by atomic mass is 9.76. The first-order valence-corrected chi connectivity index (χ1v) is 13.5. The minimum absolute atomic E-state index is 0.0299. The molecule has 4 aliphatic rings. The zero-order valence-electron chi connectivity index (χ0n) is 21.7. The summed E-state index contributed by atoms with van der Waals surface area (Å²) in [6.07, 6.45) is 6.96. The average molecular weight is 507 g/mol. The third-order valence-corrected chi connectivity index (χ3v) is 8.64. The van der Waals surface area contributed by atoms with Gasteiger partial charge in [0.1, 0.15) is 11.6 Å². The van der Waals surface area contributed by atoms with E-state index in [1.54, 1.807) is 7.11 Å². The van der Waals surface area contributed by atoms with Gasteiger partial charge in [-0.1, -0.05) is 17.3 Å². The lowest BCUT2D eigenvalue weighted by molar-refractivity contribution is -0.146. The molecule has 2 aromatic rings. The molecule has 2 aromatic carbocycles. The van der Waals surface area contributed by atoms with Crippen LogP contribution in [0.1, 0.15) is 62.0 Å². The molecule has 1 spiro atoms. The number of esters is 1. The van der Waals surface area contributed by atoms with Crippen LogP contribution < -0.4 is 4.74 Å². The van der Waals surface area contributed by atoms with Gasteiger partial charge < -0.3 is 14.3 Å². The Hall–Kier alpha value is -2.93. The fourth-order valence-corrected chi connectivity index (χ4v) is 6.46. The zero-order valence-corrected chi connectivity index (χ0v) is 21.7. The molecule has 3 fully saturated rings. The van der Waals surface area contributed by atoms with Crippen LogP contribution in [0.3, 0.4) is 0 Å². The fourth-order valence-electron chi connectivity index (χ4n) is 6.46. The Morgan fingerprint density at radius 2 is 1.76 bits per heavy atom. The standard InChI is InChI=1S/C30H35FN2O4/c1-35-28-14-26(20-9-11-24(31)12-10-20)25(19-3-4-19)13-23(28)16-33-17-30(18-33)15-27(32-37-30)21-5-7-22(8-6-21)29(34)36-2/h9-14,19,21-22H,3-8,15-18H2,1-2H3. The van der Waals surface area contributed by atoms with Gasteiger partial charge >= 0.3 is 5.97 Å². The SMILES string of the molecule is COC(=O)C1CCC(C2=NOC3(C2)CN(Cc2cc(C4CC4)c(-c4ccc(F)cc4)cc2OC)C3)CC1. The average Bonchev–Trinajstić information content (AvgIpc) is 3.66. The number of oxime groups is 1. The first kappa shape index (κ1) is 24.4. The van der Waals surface area contributed by atoms with Crippen LogP contribution >= 0.6 is 0 Å². The van der Waals surface area contributed by atoms with Crippen LogP contribution in [0.4, 0.5) is 4.39 Å². The number of likely N-dealkylation sites (tertiary alicyclic amines) is 1. The van der Waals surface area contributed by atoms with E-state index in [9.17, 15) is 9.18 Å². The Kier molecular flexibility index (Phi) is 6.43. The van der Waals surface area contributed by atoms with Gasteiger partial charge in [0.2, 0.25) is 0 Å². The van der Waals surface area contributed by atoms with Gasteiger partial charge in [0.15, 0.2) is 5.60 Å². The van der Waals surface area contributed by atoms with Crippen molar-refractivity contribution in [2.75, 3.05) is 27.3 Å². The molecule has 0 bridgehead atoms. The van der Waals surface area contributed by atoms with Gasteiger partial charge in [0, 0.05) is 37.5 Å². The summed E-state index contributed by atoms with van der Waals surface area (Å²) < 4.78 is 24.3. The van der Waals surface area contributed by atoms with E-state index in [1.165, 1.54) is 48.9 Å². The van der Waals surface area contributed by atoms with Crippen LogP contribution in [0.25, 0.3) is 11.1 Å². The van der Waals surface area contributed by atoms with Crippen LogP contribution in [-0.2, 0) is 20.9 Å². The van der Waals surface area contributed by atoms with E-state index >= 15 is 0 Å². The van der Waals surface area contributed by atoms with E-state index in [0.29, 0.717) is 11.8 Å². The van der Waals surface area contributed by atoms with E-state index in [1.807, 2.05) is 12.1 Å². The first-order chi connectivity index (χ1) is 18.0. The largest absolute Gasteiger partial charge is 0.496 e. The van der Waals surface area contributed by atoms with Crippen molar-refractivity contribution >= 4 is 11.7 Å². The fraction of sp³-hybridized carbons (Fsp3) is 0.533. The highest BCUT2D eigenvalue weighted by Crippen LogP contribution is 2.47. The number of methoxy groups -OCH3 is 2. The Labute approximate surface area is 217 Å². The Bertz CT molecular complexity index is 1190. The molecule has 6 rings (SSSR count). The summed E-state index contributed by atoms with van der Waals surface area (Å²) in [6, 6.07) is 11.2. The molecule has 0 N–H and O–H groups in total. The summed E-state index contributed by atoms with van der Waals surface area (Å²) >= 11 is 0. The van der Waals surface area contributed by atoms with E-state index in [-0.39, 0.29) is 23.3 Å². The quantitative estimate of drug-likeness (QED) is 0.452. The number of carbonyl (C=O) groups is 1. The second kappa shape index (κ2) is 9.75. The van der Waals surface area contributed by atoms with Crippen molar-refractivity contribution in [3.05, 3.63) is 53.3 Å². The smallest absolute Gasteiger partial charge is 0.308 e. The van der Waals surface area contributed by atoms with Crippen molar-refractivity contribution in [2.45, 2.75) is 63.0 Å². The van der Waals surface area contributed by atoms with E-state index in [2.05, 4.69) is 22.2 Å². The predicted molar refractivity (Wildman–Crippen MR) is 139 cm³/mol. The summed E-state index contributed by atoms with van der Waals surface area (Å²) in [5.41, 5.74) is 5.64. The monoisotopic (exact) mass is 506 g/mol. The molecule has 2 aliphatic carbocycles. The van der Waals surface area contributed by atoms with Gasteiger partial charge in [-0.25, -0.2) is 4.39 Å². The molecular weight excluding hydrogens is 471 g/mol. The zero-order chi connectivity index (χ0) is 25.6. The lowest BCUT2D eigenvalue weighted by Gasteiger charge is -2.45. The number of carbonyl (C=O) groups excluding carboxylic acids is 1. The molecule has 7 heteroatoms. The van der Waals surface area contributed by atoms with Crippen LogP contribution in [-0.4, -0.2) is 49.5 Å². The van der Waals surface area contributed by atoms with Gasteiger partial charge in [0.25, 0.3) is 0 Å². The van der Waals surface area contributed by atoms with Crippen molar-refractivity contribution in [1.82, 2.24) is 4.90 Å². The van der Waals surface area contributed by atoms with Gasteiger partial charge in [-0.15, -0.1) is 0 Å². The Balaban J connectivity index is 1.10. The molecule has 0 atom stereocenters. The highest BCUT2D eigenvalue weighted by molar-refractivity contribution is 5.89. The van der Waals surface area contributed by atoms with Crippen molar-refractivity contribution in [2.24, 2.45) is 17.0 Å². The van der Waals surface area contributed by atoms with E-state index in [4.69, 9.17) is 14.3 Å². The molecule has 0 amide bonds. The molecule has 37 heavy (non-hydrogen) atoms. The number of halogens is 1. The highest BCUT2D eigenvalue weighted by Gasteiger charge is 2.51. The predicted octanol–water partition coefficient (Wildman–Crippen LogP) is 5.69. The third-order valence-electron chi connectivity index (χ3n) is 8.64. The second-order valence-corrected chi connectivity index (χ2v) is 11.3. The van der Waals surface area contributed by atoms with Crippen molar-refractivity contribution in [1.29, 1.82) is 0 Å². The minimum atomic E-state index is -0.220. The summed E-state index contributed by atoms with van der Waals surface area (Å²) in [5, 5.41) is 4.52. The van der Waals surface area contributed by atoms with Gasteiger partial charge in [-0.2, -0.15) is 0 Å².